The summed E-state index contributed by atoms with van der Waals surface area (Å²) in [5.74, 6) is 0.631. The van der Waals surface area contributed by atoms with Gasteiger partial charge in [-0.2, -0.15) is 11.8 Å². The van der Waals surface area contributed by atoms with E-state index < -0.39 is 0 Å². The molecule has 1 heterocycles. The Morgan fingerprint density at radius 1 is 1.15 bits per heavy atom. The first kappa shape index (κ1) is 19.9. The van der Waals surface area contributed by atoms with E-state index in [4.69, 9.17) is 17.0 Å². The van der Waals surface area contributed by atoms with E-state index in [1.54, 1.807) is 0 Å². The zero-order chi connectivity index (χ0) is 19.1. The molecule has 0 spiro atoms. The van der Waals surface area contributed by atoms with Crippen molar-refractivity contribution < 1.29 is 9.53 Å². The molecule has 2 aromatic carbocycles. The number of methoxy groups -OCH3 is 1. The van der Waals surface area contributed by atoms with Crippen LogP contribution in [0.15, 0.2) is 60.7 Å². The molecule has 1 saturated heterocycles. The van der Waals surface area contributed by atoms with Crippen molar-refractivity contribution >= 4 is 34.9 Å². The van der Waals surface area contributed by atoms with Crippen LogP contribution in [0.25, 0.3) is 0 Å². The molecule has 0 unspecified atom stereocenters. The van der Waals surface area contributed by atoms with Crippen LogP contribution in [0.4, 0.5) is 0 Å². The highest BCUT2D eigenvalue weighted by Crippen LogP contribution is 2.38. The molecule has 2 aromatic rings. The molecule has 0 bridgehead atoms. The maximum absolute atomic E-state index is 11.4. The number of ether oxygens (including phenoxy) is 1. The molecule has 142 valence electrons. The van der Waals surface area contributed by atoms with E-state index >= 15 is 0 Å². The van der Waals surface area contributed by atoms with E-state index in [1.165, 1.54) is 18.2 Å². The molecular weight excluding hydrogens is 374 g/mol. The third-order valence-electron chi connectivity index (χ3n) is 4.85. The Kier molecular flexibility index (Phi) is 7.30. The van der Waals surface area contributed by atoms with Gasteiger partial charge >= 0.3 is 5.97 Å². The van der Waals surface area contributed by atoms with Crippen molar-refractivity contribution in [3.05, 3.63) is 71.8 Å². The molecule has 0 aliphatic carbocycles. The zero-order valence-corrected chi connectivity index (χ0v) is 17.2. The summed E-state index contributed by atoms with van der Waals surface area (Å²) < 4.78 is 4.75. The van der Waals surface area contributed by atoms with Crippen LogP contribution in [0.3, 0.4) is 0 Å². The van der Waals surface area contributed by atoms with Crippen LogP contribution in [0, 0.1) is 0 Å². The van der Waals surface area contributed by atoms with Crippen molar-refractivity contribution in [1.82, 2.24) is 4.90 Å². The van der Waals surface area contributed by atoms with Gasteiger partial charge in [0.2, 0.25) is 0 Å². The van der Waals surface area contributed by atoms with E-state index in [1.807, 2.05) is 17.8 Å². The molecule has 27 heavy (non-hydrogen) atoms. The molecule has 2 atom stereocenters. The van der Waals surface area contributed by atoms with E-state index in [-0.39, 0.29) is 12.0 Å². The second-order valence-electron chi connectivity index (χ2n) is 6.69. The lowest BCUT2D eigenvalue weighted by atomic mass is 9.94. The molecule has 0 saturated carbocycles. The fourth-order valence-electron chi connectivity index (χ4n) is 3.45. The summed E-state index contributed by atoms with van der Waals surface area (Å²) in [7, 11) is 1.44. The topological polar surface area (TPSA) is 29.5 Å². The largest absolute Gasteiger partial charge is 0.469 e. The number of hydrogen-bond acceptors (Lipinski definition) is 4. The first-order valence-corrected chi connectivity index (χ1v) is 10.7. The van der Waals surface area contributed by atoms with Crippen molar-refractivity contribution in [2.75, 3.05) is 12.9 Å². The molecule has 5 heteroatoms. The predicted octanol–water partition coefficient (Wildman–Crippen LogP) is 5.02. The number of thiocarbonyl (C=S) groups is 1. The molecule has 0 aromatic heterocycles. The molecule has 3 nitrogen and oxygen atoms in total. The lowest BCUT2D eigenvalue weighted by molar-refractivity contribution is -0.140. The van der Waals surface area contributed by atoms with Crippen molar-refractivity contribution in [3.63, 3.8) is 0 Å². The Bertz CT molecular complexity index is 751. The zero-order valence-electron chi connectivity index (χ0n) is 15.5. The highest BCUT2D eigenvalue weighted by atomic mass is 32.2. The van der Waals surface area contributed by atoms with E-state index in [2.05, 4.69) is 59.5 Å². The molecule has 1 fully saturated rings. The van der Waals surface area contributed by atoms with Crippen LogP contribution >= 0.6 is 24.0 Å². The fraction of sp³-hybridized carbons (Fsp3) is 0.364. The molecule has 0 N–H and O–H groups in total. The van der Waals surface area contributed by atoms with E-state index in [0.29, 0.717) is 11.7 Å². The summed E-state index contributed by atoms with van der Waals surface area (Å²) in [6, 6.07) is 21.4. The molecule has 0 amide bonds. The minimum atomic E-state index is -0.147. The van der Waals surface area contributed by atoms with Crippen molar-refractivity contribution in [2.45, 2.75) is 37.1 Å². The average molecular weight is 400 g/mol. The highest BCUT2D eigenvalue weighted by Gasteiger charge is 2.32. The molecule has 1 aliphatic rings. The fourth-order valence-corrected chi connectivity index (χ4v) is 5.16. The smallest absolute Gasteiger partial charge is 0.306 e. The van der Waals surface area contributed by atoms with E-state index in [9.17, 15) is 4.79 Å². The Balaban J connectivity index is 1.73. The normalized spacial score (nSPS) is 19.7. The highest BCUT2D eigenvalue weighted by molar-refractivity contribution is 8.00. The van der Waals surface area contributed by atoms with Crippen LogP contribution in [-0.4, -0.2) is 34.0 Å². The van der Waals surface area contributed by atoms with Gasteiger partial charge in [0.15, 0.2) is 0 Å². The number of thioether (sulfide) groups is 1. The summed E-state index contributed by atoms with van der Waals surface area (Å²) in [5, 5.41) is 0.430. The first-order chi connectivity index (χ1) is 13.2. The number of rotatable bonds is 7. The summed E-state index contributed by atoms with van der Waals surface area (Å²) in [5.41, 5.74) is 2.58. The summed E-state index contributed by atoms with van der Waals surface area (Å²) in [6.45, 7) is 0.832. The molecule has 3 rings (SSSR count). The van der Waals surface area contributed by atoms with Gasteiger partial charge in [0.25, 0.3) is 0 Å². The number of piperidine rings is 1. The molecule has 1 aliphatic heterocycles. The Morgan fingerprint density at radius 2 is 1.81 bits per heavy atom. The standard InChI is InChI=1S/C22H25NO2S2/c1-25-22(24)12-13-27-19-14-20(18-10-6-3-7-11-18)23(21(26)15-19)16-17-8-4-2-5-9-17/h2-11,19-20H,12-16H2,1H3/t19-,20+/m1/s1. The van der Waals surface area contributed by atoms with Gasteiger partial charge in [0.1, 0.15) is 0 Å². The first-order valence-electron chi connectivity index (χ1n) is 9.24. The van der Waals surface area contributed by atoms with E-state index in [0.717, 1.165) is 30.1 Å². The average Bonchev–Trinajstić information content (AvgIpc) is 2.71. The minimum Gasteiger partial charge on any atom is -0.469 e. The maximum Gasteiger partial charge on any atom is 0.306 e. The van der Waals surface area contributed by atoms with Gasteiger partial charge in [-0.15, -0.1) is 0 Å². The van der Waals surface area contributed by atoms with Crippen LogP contribution in [-0.2, 0) is 16.1 Å². The summed E-state index contributed by atoms with van der Waals surface area (Å²) in [4.78, 5) is 14.8. The van der Waals surface area contributed by atoms with Gasteiger partial charge in [-0.05, 0) is 17.5 Å². The number of esters is 1. The van der Waals surface area contributed by atoms with Gasteiger partial charge in [-0.1, -0.05) is 72.9 Å². The van der Waals surface area contributed by atoms with Crippen molar-refractivity contribution in [3.8, 4) is 0 Å². The number of nitrogens with zero attached hydrogens (tertiary/aromatic N) is 1. The Morgan fingerprint density at radius 3 is 2.48 bits per heavy atom. The molecule has 0 radical (unpaired) electrons. The summed E-state index contributed by atoms with van der Waals surface area (Å²) >= 11 is 7.66. The lowest BCUT2D eigenvalue weighted by Gasteiger charge is -2.41. The summed E-state index contributed by atoms with van der Waals surface area (Å²) in [6.07, 6.45) is 2.37. The Labute approximate surface area is 171 Å². The number of carbonyl (C=O) groups excluding carboxylic acids is 1. The number of hydrogen-bond donors (Lipinski definition) is 0. The quantitative estimate of drug-likeness (QED) is 0.482. The number of likely N-dealkylation sites (tertiary alicyclic amines) is 1. The second-order valence-corrected chi connectivity index (χ2v) is 8.57. The monoisotopic (exact) mass is 399 g/mol. The third-order valence-corrected chi connectivity index (χ3v) is 6.52. The Hall–Kier alpha value is -1.85. The molecular formula is C22H25NO2S2. The van der Waals surface area contributed by atoms with Gasteiger partial charge in [0.05, 0.1) is 24.6 Å². The number of carbonyl (C=O) groups is 1. The lowest BCUT2D eigenvalue weighted by Crippen LogP contribution is -2.41. The van der Waals surface area contributed by atoms with Gasteiger partial charge in [-0.3, -0.25) is 4.79 Å². The van der Waals surface area contributed by atoms with Crippen LogP contribution in [0.5, 0.6) is 0 Å². The van der Waals surface area contributed by atoms with Gasteiger partial charge in [0, 0.05) is 24.0 Å². The maximum atomic E-state index is 11.4. The predicted molar refractivity (Wildman–Crippen MR) is 116 cm³/mol. The number of benzene rings is 2. The SMILES string of the molecule is COC(=O)CCS[C@H]1CC(=S)N(Cc2ccccc2)[C@H](c2ccccc2)C1. The van der Waals surface area contributed by atoms with Gasteiger partial charge < -0.3 is 9.64 Å². The second kappa shape index (κ2) is 9.90. The van der Waals surface area contributed by atoms with Gasteiger partial charge in [-0.25, -0.2) is 0 Å². The van der Waals surface area contributed by atoms with Crippen LogP contribution in [0.2, 0.25) is 0 Å². The minimum absolute atomic E-state index is 0.147. The third kappa shape index (κ3) is 5.56. The van der Waals surface area contributed by atoms with Crippen LogP contribution < -0.4 is 0 Å². The van der Waals surface area contributed by atoms with Crippen LogP contribution in [0.1, 0.15) is 36.4 Å². The van der Waals surface area contributed by atoms with Crippen molar-refractivity contribution in [1.29, 1.82) is 0 Å². The van der Waals surface area contributed by atoms with Crippen molar-refractivity contribution in [2.24, 2.45) is 0 Å².